The molecule has 3 heterocycles. The molecule has 9 heteroatoms. The van der Waals surface area contributed by atoms with Crippen LogP contribution in [0.1, 0.15) is 5.69 Å². The van der Waals surface area contributed by atoms with Crippen LogP contribution in [0.5, 0.6) is 5.75 Å². The van der Waals surface area contributed by atoms with Gasteiger partial charge < -0.3 is 18.8 Å². The minimum Gasteiger partial charge on any atom is -0.488 e. The van der Waals surface area contributed by atoms with E-state index >= 15 is 0 Å². The van der Waals surface area contributed by atoms with E-state index in [-0.39, 0.29) is 18.3 Å². The van der Waals surface area contributed by atoms with Crippen molar-refractivity contribution in [1.82, 2.24) is 14.3 Å². The van der Waals surface area contributed by atoms with Gasteiger partial charge in [-0.15, -0.1) is 11.8 Å². The van der Waals surface area contributed by atoms with Crippen molar-refractivity contribution in [3.63, 3.8) is 0 Å². The summed E-state index contributed by atoms with van der Waals surface area (Å²) in [5, 5.41) is 0. The Balaban J connectivity index is 1.24. The number of hydrogen-bond donors (Lipinski definition) is 0. The maximum absolute atomic E-state index is 13.7. The number of halogens is 2. The van der Waals surface area contributed by atoms with Crippen LogP contribution in [0.3, 0.4) is 0 Å². The van der Waals surface area contributed by atoms with Gasteiger partial charge in [-0.2, -0.15) is 0 Å². The number of benzene rings is 1. The van der Waals surface area contributed by atoms with E-state index in [1.165, 1.54) is 11.8 Å². The number of nitrogens with zero attached hydrogens (tertiary/aromatic N) is 3. The molecule has 0 aliphatic carbocycles. The fourth-order valence-corrected chi connectivity index (χ4v) is 4.02. The quantitative estimate of drug-likeness (QED) is 0.573. The molecule has 0 bridgehead atoms. The van der Waals surface area contributed by atoms with Crippen molar-refractivity contribution in [1.29, 1.82) is 0 Å². The number of amides is 1. The predicted molar refractivity (Wildman–Crippen MR) is 110 cm³/mol. The summed E-state index contributed by atoms with van der Waals surface area (Å²) in [6.45, 7) is 1.27. The molecule has 158 valence electrons. The second kappa shape index (κ2) is 9.44. The molecule has 1 unspecified atom stereocenters. The molecule has 0 saturated carbocycles. The van der Waals surface area contributed by atoms with Crippen molar-refractivity contribution in [2.75, 3.05) is 32.1 Å². The van der Waals surface area contributed by atoms with E-state index in [4.69, 9.17) is 9.47 Å². The van der Waals surface area contributed by atoms with Gasteiger partial charge in [-0.05, 0) is 24.3 Å². The minimum atomic E-state index is -0.636. The molecule has 1 aliphatic heterocycles. The van der Waals surface area contributed by atoms with E-state index in [1.54, 1.807) is 4.90 Å². The normalized spacial score (nSPS) is 16.7. The summed E-state index contributed by atoms with van der Waals surface area (Å²) < 4.78 is 39.8. The van der Waals surface area contributed by atoms with Crippen LogP contribution < -0.4 is 4.74 Å². The van der Waals surface area contributed by atoms with Crippen LogP contribution in [0.2, 0.25) is 0 Å². The second-order valence-corrected chi connectivity index (χ2v) is 7.90. The smallest absolute Gasteiger partial charge is 0.232 e. The Morgan fingerprint density at radius 3 is 3.07 bits per heavy atom. The van der Waals surface area contributed by atoms with Crippen molar-refractivity contribution < 1.29 is 23.0 Å². The lowest BCUT2D eigenvalue weighted by Crippen LogP contribution is -2.48. The van der Waals surface area contributed by atoms with E-state index in [2.05, 4.69) is 4.98 Å². The summed E-state index contributed by atoms with van der Waals surface area (Å²) in [5.41, 5.74) is 1.80. The number of ether oxygens (including phenoxy) is 2. The molecule has 1 aromatic carbocycles. The van der Waals surface area contributed by atoms with Crippen molar-refractivity contribution in [2.45, 2.75) is 11.9 Å². The second-order valence-electron chi connectivity index (χ2n) is 6.91. The zero-order valence-corrected chi connectivity index (χ0v) is 17.0. The Kier molecular flexibility index (Phi) is 6.49. The predicted octanol–water partition coefficient (Wildman–Crippen LogP) is 3.15. The molecule has 30 heavy (non-hydrogen) atoms. The molecule has 1 aliphatic rings. The molecule has 2 aromatic heterocycles. The minimum absolute atomic E-state index is 0.00833. The largest absolute Gasteiger partial charge is 0.488 e. The first-order chi connectivity index (χ1) is 14.6. The number of morpholine rings is 1. The van der Waals surface area contributed by atoms with Gasteiger partial charge in [0.05, 0.1) is 24.6 Å². The molecule has 4 rings (SSSR count). The molecule has 1 saturated heterocycles. The van der Waals surface area contributed by atoms with Crippen LogP contribution in [-0.2, 0) is 15.3 Å². The van der Waals surface area contributed by atoms with E-state index in [9.17, 15) is 13.6 Å². The van der Waals surface area contributed by atoms with E-state index in [0.717, 1.165) is 29.5 Å². The van der Waals surface area contributed by atoms with Crippen LogP contribution in [0.4, 0.5) is 8.78 Å². The number of carbonyl (C=O) groups excluding carboxylic acids is 1. The zero-order chi connectivity index (χ0) is 20.9. The van der Waals surface area contributed by atoms with E-state index < -0.39 is 17.7 Å². The highest BCUT2D eigenvalue weighted by Crippen LogP contribution is 2.19. The third-order valence-corrected chi connectivity index (χ3v) is 5.65. The van der Waals surface area contributed by atoms with Gasteiger partial charge in [0.2, 0.25) is 5.91 Å². The van der Waals surface area contributed by atoms with Crippen LogP contribution in [0.25, 0.3) is 5.65 Å². The standard InChI is InChI=1S/C21H21F2N3O3S/c22-15-4-5-18(23)19(9-15)29-12-17-11-26(7-8-28-17)21(27)14-30-13-16-10-25-6-2-1-3-20(25)24-16/h1-6,9-10,17H,7-8,11-14H2. The monoisotopic (exact) mass is 433 g/mol. The molecule has 6 nitrogen and oxygen atoms in total. The van der Waals surface area contributed by atoms with Gasteiger partial charge in [-0.1, -0.05) is 6.07 Å². The molecular formula is C21H21F2N3O3S. The topological polar surface area (TPSA) is 56.1 Å². The molecule has 0 spiro atoms. The van der Waals surface area contributed by atoms with Crippen molar-refractivity contribution in [2.24, 2.45) is 0 Å². The lowest BCUT2D eigenvalue weighted by molar-refractivity contribution is -0.137. The summed E-state index contributed by atoms with van der Waals surface area (Å²) in [4.78, 5) is 18.8. The van der Waals surface area contributed by atoms with E-state index in [1.807, 2.05) is 35.0 Å². The number of thioether (sulfide) groups is 1. The molecule has 0 N–H and O–H groups in total. The molecule has 1 atom stereocenters. The molecule has 0 radical (unpaired) electrons. The molecule has 1 fully saturated rings. The molecular weight excluding hydrogens is 412 g/mol. The number of rotatable bonds is 7. The Labute approximate surface area is 176 Å². The van der Waals surface area contributed by atoms with Crippen molar-refractivity contribution >= 4 is 23.3 Å². The third kappa shape index (κ3) is 5.09. The van der Waals surface area contributed by atoms with Crippen LogP contribution >= 0.6 is 11.8 Å². The summed E-state index contributed by atoms with van der Waals surface area (Å²) >= 11 is 1.51. The Bertz CT molecular complexity index is 997. The highest BCUT2D eigenvalue weighted by molar-refractivity contribution is 7.99. The van der Waals surface area contributed by atoms with Gasteiger partial charge in [0.15, 0.2) is 11.6 Å². The zero-order valence-electron chi connectivity index (χ0n) is 16.2. The van der Waals surface area contributed by atoms with Gasteiger partial charge in [-0.3, -0.25) is 4.79 Å². The highest BCUT2D eigenvalue weighted by atomic mass is 32.2. The Morgan fingerprint density at radius 2 is 2.20 bits per heavy atom. The number of carbonyl (C=O) groups is 1. The first-order valence-corrected chi connectivity index (χ1v) is 10.7. The SMILES string of the molecule is O=C(CSCc1cn2ccccc2n1)N1CCOC(COc2cc(F)ccc2F)C1. The fourth-order valence-electron chi connectivity index (χ4n) is 3.21. The summed E-state index contributed by atoms with van der Waals surface area (Å²) in [6, 6.07) is 8.86. The first kappa shape index (κ1) is 20.6. The Morgan fingerprint density at radius 1 is 1.30 bits per heavy atom. The lowest BCUT2D eigenvalue weighted by Gasteiger charge is -2.32. The number of hydrogen-bond acceptors (Lipinski definition) is 5. The number of fused-ring (bicyclic) bond motifs is 1. The average Bonchev–Trinajstić information content (AvgIpc) is 3.17. The van der Waals surface area contributed by atoms with Crippen LogP contribution in [0, 0.1) is 11.6 Å². The third-order valence-electron chi connectivity index (χ3n) is 4.70. The molecule has 3 aromatic rings. The first-order valence-electron chi connectivity index (χ1n) is 9.56. The van der Waals surface area contributed by atoms with Gasteiger partial charge in [-0.25, -0.2) is 13.8 Å². The number of pyridine rings is 1. The maximum atomic E-state index is 13.7. The van der Waals surface area contributed by atoms with E-state index in [0.29, 0.717) is 31.2 Å². The summed E-state index contributed by atoms with van der Waals surface area (Å²) in [5.74, 6) is -0.388. The van der Waals surface area contributed by atoms with Crippen molar-refractivity contribution in [3.8, 4) is 5.75 Å². The Hall–Kier alpha value is -2.65. The molecule has 1 amide bonds. The number of aromatic nitrogens is 2. The van der Waals surface area contributed by atoms with Gasteiger partial charge in [0.25, 0.3) is 0 Å². The summed E-state index contributed by atoms with van der Waals surface area (Å²) in [7, 11) is 0. The van der Waals surface area contributed by atoms with Gasteiger partial charge in [0, 0.05) is 30.8 Å². The van der Waals surface area contributed by atoms with Crippen LogP contribution in [-0.4, -0.2) is 58.4 Å². The van der Waals surface area contributed by atoms with Gasteiger partial charge in [0.1, 0.15) is 24.2 Å². The number of imidazole rings is 1. The average molecular weight is 433 g/mol. The van der Waals surface area contributed by atoms with Gasteiger partial charge >= 0.3 is 0 Å². The highest BCUT2D eigenvalue weighted by Gasteiger charge is 2.25. The fraction of sp³-hybridized carbons (Fsp3) is 0.333. The van der Waals surface area contributed by atoms with Crippen LogP contribution in [0.15, 0.2) is 48.8 Å². The lowest BCUT2D eigenvalue weighted by atomic mass is 10.2. The summed E-state index contributed by atoms with van der Waals surface area (Å²) in [6.07, 6.45) is 3.50. The maximum Gasteiger partial charge on any atom is 0.232 e. The van der Waals surface area contributed by atoms with Crippen molar-refractivity contribution in [3.05, 3.63) is 66.1 Å².